The molecule has 0 saturated carbocycles. The maximum Gasteiger partial charge on any atom is 0.227 e. The Balaban J connectivity index is 1.05. The van der Waals surface area contributed by atoms with E-state index in [4.69, 9.17) is 9.40 Å². The molecule has 0 aliphatic rings. The summed E-state index contributed by atoms with van der Waals surface area (Å²) in [6.45, 7) is 0. The van der Waals surface area contributed by atoms with Gasteiger partial charge in [-0.2, -0.15) is 0 Å². The SMILES string of the molecule is c1ccc(-c2ccc(N(c3ccc(-c4ccc5c(ccc6nc(-c7ccccc7)oc65)c4)c(-c4ccccc4)c3)c3ccc(-c4ccccc4)cc3-c3ccc4ccccc4c3)cc2)cc1. The second-order valence-electron chi connectivity index (χ2n) is 16.7. The van der Waals surface area contributed by atoms with Crippen LogP contribution >= 0.6 is 0 Å². The van der Waals surface area contributed by atoms with Crippen LogP contribution < -0.4 is 4.90 Å². The van der Waals surface area contributed by atoms with Crippen LogP contribution in [0.2, 0.25) is 0 Å². The van der Waals surface area contributed by atoms with Crippen molar-refractivity contribution in [1.82, 2.24) is 4.98 Å². The quantitative estimate of drug-likeness (QED) is 0.145. The first-order valence-electron chi connectivity index (χ1n) is 22.4. The summed E-state index contributed by atoms with van der Waals surface area (Å²) in [5.41, 5.74) is 17.3. The minimum absolute atomic E-state index is 0.627. The summed E-state index contributed by atoms with van der Waals surface area (Å²) in [6.07, 6.45) is 0. The summed E-state index contributed by atoms with van der Waals surface area (Å²) in [7, 11) is 0. The number of hydrogen-bond acceptors (Lipinski definition) is 3. The smallest absolute Gasteiger partial charge is 0.227 e. The van der Waals surface area contributed by atoms with E-state index < -0.39 is 0 Å². The minimum atomic E-state index is 0.627. The number of anilines is 3. The average Bonchev–Trinajstić information content (AvgIpc) is 3.85. The number of hydrogen-bond donors (Lipinski definition) is 0. The monoisotopic (exact) mass is 842 g/mol. The van der Waals surface area contributed by atoms with E-state index in [-0.39, 0.29) is 0 Å². The van der Waals surface area contributed by atoms with E-state index in [0.29, 0.717) is 5.89 Å². The molecule has 0 spiro atoms. The molecule has 12 aromatic rings. The van der Waals surface area contributed by atoms with Gasteiger partial charge >= 0.3 is 0 Å². The molecule has 0 saturated heterocycles. The van der Waals surface area contributed by atoms with Crippen LogP contribution in [0, 0.1) is 0 Å². The normalized spacial score (nSPS) is 11.3. The van der Waals surface area contributed by atoms with Gasteiger partial charge in [-0.25, -0.2) is 4.98 Å². The first kappa shape index (κ1) is 38.9. The van der Waals surface area contributed by atoms with Crippen molar-refractivity contribution in [2.24, 2.45) is 0 Å². The number of rotatable bonds is 9. The van der Waals surface area contributed by atoms with Crippen molar-refractivity contribution in [3.8, 4) is 67.1 Å². The van der Waals surface area contributed by atoms with Crippen molar-refractivity contribution in [2.45, 2.75) is 0 Å². The molecule has 66 heavy (non-hydrogen) atoms. The molecule has 11 aromatic carbocycles. The topological polar surface area (TPSA) is 29.3 Å². The Morgan fingerprint density at radius 1 is 0.303 bits per heavy atom. The van der Waals surface area contributed by atoms with E-state index in [2.05, 4.69) is 229 Å². The molecule has 1 heterocycles. The molecule has 0 N–H and O–H groups in total. The van der Waals surface area contributed by atoms with E-state index in [1.165, 1.54) is 27.5 Å². The summed E-state index contributed by atoms with van der Waals surface area (Å²) in [4.78, 5) is 7.28. The van der Waals surface area contributed by atoms with Crippen LogP contribution in [-0.4, -0.2) is 4.98 Å². The van der Waals surface area contributed by atoms with Gasteiger partial charge in [0.05, 0.1) is 5.69 Å². The molecular formula is C63H42N2O. The first-order valence-corrected chi connectivity index (χ1v) is 22.4. The summed E-state index contributed by atoms with van der Waals surface area (Å²) in [5.74, 6) is 0.627. The maximum absolute atomic E-state index is 6.44. The zero-order valence-corrected chi connectivity index (χ0v) is 36.1. The zero-order valence-electron chi connectivity index (χ0n) is 36.1. The maximum atomic E-state index is 6.44. The van der Waals surface area contributed by atoms with Gasteiger partial charge in [0.1, 0.15) is 5.52 Å². The van der Waals surface area contributed by atoms with Crippen molar-refractivity contribution in [3.05, 3.63) is 255 Å². The van der Waals surface area contributed by atoms with Crippen molar-refractivity contribution >= 4 is 49.7 Å². The van der Waals surface area contributed by atoms with Gasteiger partial charge in [0.2, 0.25) is 5.89 Å². The molecule has 0 fully saturated rings. The molecule has 0 atom stereocenters. The Hall–Kier alpha value is -8.79. The number of oxazole rings is 1. The Kier molecular flexibility index (Phi) is 9.85. The predicted molar refractivity (Wildman–Crippen MR) is 276 cm³/mol. The van der Waals surface area contributed by atoms with Gasteiger partial charge in [-0.1, -0.05) is 182 Å². The second-order valence-corrected chi connectivity index (χ2v) is 16.7. The van der Waals surface area contributed by atoms with Crippen LogP contribution in [0.3, 0.4) is 0 Å². The van der Waals surface area contributed by atoms with Crippen LogP contribution in [0.1, 0.15) is 0 Å². The molecule has 0 aliphatic heterocycles. The fourth-order valence-corrected chi connectivity index (χ4v) is 9.36. The highest BCUT2D eigenvalue weighted by Gasteiger charge is 2.22. The lowest BCUT2D eigenvalue weighted by molar-refractivity contribution is 0.623. The molecule has 3 heteroatoms. The fraction of sp³-hybridized carbons (Fsp3) is 0. The third-order valence-corrected chi connectivity index (χ3v) is 12.7. The molecule has 3 nitrogen and oxygen atoms in total. The van der Waals surface area contributed by atoms with Crippen LogP contribution in [-0.2, 0) is 0 Å². The summed E-state index contributed by atoms with van der Waals surface area (Å²) in [5, 5.41) is 4.55. The lowest BCUT2D eigenvalue weighted by atomic mass is 9.91. The van der Waals surface area contributed by atoms with Gasteiger partial charge in [0.15, 0.2) is 5.58 Å². The van der Waals surface area contributed by atoms with Crippen LogP contribution in [0.15, 0.2) is 259 Å². The highest BCUT2D eigenvalue weighted by atomic mass is 16.3. The first-order chi connectivity index (χ1) is 32.7. The third-order valence-electron chi connectivity index (χ3n) is 12.7. The van der Waals surface area contributed by atoms with E-state index in [1.54, 1.807) is 0 Å². The van der Waals surface area contributed by atoms with Gasteiger partial charge < -0.3 is 9.32 Å². The molecule has 0 unspecified atom stereocenters. The van der Waals surface area contributed by atoms with Crippen LogP contribution in [0.5, 0.6) is 0 Å². The Bertz CT molecular complexity index is 3670. The van der Waals surface area contributed by atoms with Gasteiger partial charge in [-0.3, -0.25) is 0 Å². The summed E-state index contributed by atoms with van der Waals surface area (Å²) >= 11 is 0. The molecule has 0 aliphatic carbocycles. The summed E-state index contributed by atoms with van der Waals surface area (Å²) in [6, 6.07) is 91.3. The van der Waals surface area contributed by atoms with E-state index in [9.17, 15) is 0 Å². The Morgan fingerprint density at radius 3 is 1.56 bits per heavy atom. The highest BCUT2D eigenvalue weighted by Crippen LogP contribution is 2.46. The lowest BCUT2D eigenvalue weighted by Crippen LogP contribution is -2.12. The molecular weight excluding hydrogens is 801 g/mol. The van der Waals surface area contributed by atoms with Gasteiger partial charge in [-0.15, -0.1) is 0 Å². The van der Waals surface area contributed by atoms with Crippen molar-refractivity contribution in [3.63, 3.8) is 0 Å². The Labute approximate surface area is 384 Å². The van der Waals surface area contributed by atoms with E-state index in [1.807, 2.05) is 30.3 Å². The number of benzene rings is 11. The minimum Gasteiger partial charge on any atom is -0.435 e. The van der Waals surface area contributed by atoms with Gasteiger partial charge in [0, 0.05) is 27.9 Å². The number of aromatic nitrogens is 1. The van der Waals surface area contributed by atoms with E-state index >= 15 is 0 Å². The number of fused-ring (bicyclic) bond motifs is 4. The fourth-order valence-electron chi connectivity index (χ4n) is 9.36. The zero-order chi connectivity index (χ0) is 43.8. The molecule has 310 valence electrons. The molecule has 0 amide bonds. The second kappa shape index (κ2) is 16.7. The Morgan fingerprint density at radius 2 is 0.833 bits per heavy atom. The van der Waals surface area contributed by atoms with Crippen molar-refractivity contribution < 1.29 is 4.42 Å². The van der Waals surface area contributed by atoms with Gasteiger partial charge in [-0.05, 0) is 139 Å². The molecule has 0 radical (unpaired) electrons. The van der Waals surface area contributed by atoms with Crippen LogP contribution in [0.4, 0.5) is 17.1 Å². The molecule has 12 rings (SSSR count). The van der Waals surface area contributed by atoms with Crippen molar-refractivity contribution in [1.29, 1.82) is 0 Å². The average molecular weight is 843 g/mol. The summed E-state index contributed by atoms with van der Waals surface area (Å²) < 4.78 is 6.44. The third kappa shape index (κ3) is 7.29. The molecule has 0 bridgehead atoms. The highest BCUT2D eigenvalue weighted by molar-refractivity contribution is 6.06. The lowest BCUT2D eigenvalue weighted by Gasteiger charge is -2.29. The van der Waals surface area contributed by atoms with E-state index in [0.717, 1.165) is 83.4 Å². The number of nitrogens with zero attached hydrogens (tertiary/aromatic N) is 2. The molecule has 1 aromatic heterocycles. The van der Waals surface area contributed by atoms with Crippen molar-refractivity contribution in [2.75, 3.05) is 4.90 Å². The largest absolute Gasteiger partial charge is 0.435 e. The van der Waals surface area contributed by atoms with Crippen LogP contribution in [0.25, 0.3) is 99.7 Å². The predicted octanol–water partition coefficient (Wildman–Crippen LogP) is 17.6. The standard InChI is InChI=1S/C63H42N2O/c1-5-15-43(16-6-1)46-27-32-54(33-28-46)65(61-38-31-50(44-17-7-2-8-18-44)41-59(61)53-26-25-45-19-13-14-24-49(45)39-53)55-34-36-56(58(42-55)47-20-9-3-10-21-47)51-29-35-57-52(40-51)30-37-60-62(57)66-63(64-60)48-22-11-4-12-23-48/h1-42H. The van der Waals surface area contributed by atoms with Gasteiger partial charge in [0.25, 0.3) is 0 Å².